The van der Waals surface area contributed by atoms with Crippen molar-refractivity contribution in [3.8, 4) is 0 Å². The number of nitrogens with one attached hydrogen (secondary N) is 1. The van der Waals surface area contributed by atoms with Gasteiger partial charge in [0.1, 0.15) is 0 Å². The first-order chi connectivity index (χ1) is 5.83. The average molecular weight is 173 g/mol. The molecule has 4 heteroatoms. The van der Waals surface area contributed by atoms with Gasteiger partial charge >= 0.3 is 75.4 Å². The summed E-state index contributed by atoms with van der Waals surface area (Å²) in [5.74, 6) is 0. The Balaban J connectivity index is 3.00. The van der Waals surface area contributed by atoms with Gasteiger partial charge in [0.15, 0.2) is 0 Å². The maximum atomic E-state index is 5.41. The van der Waals surface area contributed by atoms with Crippen LogP contribution in [0.2, 0.25) is 0 Å². The Bertz CT molecular complexity index is 483. The van der Waals surface area contributed by atoms with Crippen molar-refractivity contribution in [2.24, 2.45) is 0 Å². The van der Waals surface area contributed by atoms with Crippen LogP contribution in [0.15, 0.2) is 24.3 Å². The molecule has 2 nitrogen and oxygen atoms in total. The van der Waals surface area contributed by atoms with E-state index in [1.807, 2.05) is 24.3 Å². The molecule has 0 saturated carbocycles. The molecule has 0 fully saturated rings. The van der Waals surface area contributed by atoms with E-state index in [9.17, 15) is 0 Å². The molecule has 1 aromatic carbocycles. The SMILES string of the molecule is [B]=Cn1c(=S)[nH]c2ccccc21. The van der Waals surface area contributed by atoms with E-state index in [4.69, 9.17) is 19.7 Å². The molecular weight excluding hydrogens is 167 g/mol. The number of para-hydroxylation sites is 2. The van der Waals surface area contributed by atoms with Crippen molar-refractivity contribution in [3.05, 3.63) is 29.0 Å². The quantitative estimate of drug-likeness (QED) is 0.511. The molecule has 0 saturated heterocycles. The fourth-order valence-corrected chi connectivity index (χ4v) is 1.49. The standard InChI is InChI=1S/C8H6BN2S/c9-5-11-7-4-2-1-3-6(7)10-8(11)12/h1-5H,(H,10,12). The molecule has 0 amide bonds. The van der Waals surface area contributed by atoms with E-state index in [0.29, 0.717) is 4.77 Å². The zero-order valence-corrected chi connectivity index (χ0v) is 7.14. The average Bonchev–Trinajstić information content (AvgIpc) is 2.40. The Morgan fingerprint density at radius 2 is 2.17 bits per heavy atom. The fraction of sp³-hybridized carbons (Fsp3) is 0. The van der Waals surface area contributed by atoms with Gasteiger partial charge in [-0.05, 0) is 0 Å². The van der Waals surface area contributed by atoms with E-state index in [2.05, 4.69) is 4.98 Å². The number of hydrogen-bond acceptors (Lipinski definition) is 1. The van der Waals surface area contributed by atoms with E-state index in [0.717, 1.165) is 11.0 Å². The molecule has 1 heterocycles. The molecule has 0 aliphatic heterocycles. The van der Waals surface area contributed by atoms with Crippen molar-refractivity contribution >= 4 is 36.8 Å². The van der Waals surface area contributed by atoms with Gasteiger partial charge < -0.3 is 0 Å². The van der Waals surface area contributed by atoms with Gasteiger partial charge in [0.05, 0.1) is 0 Å². The van der Waals surface area contributed by atoms with Crippen LogP contribution in [0.5, 0.6) is 0 Å². The predicted octanol–water partition coefficient (Wildman–Crippen LogP) is 1.48. The van der Waals surface area contributed by atoms with Crippen molar-refractivity contribution in [1.82, 2.24) is 9.55 Å². The van der Waals surface area contributed by atoms with Crippen molar-refractivity contribution < 1.29 is 0 Å². The van der Waals surface area contributed by atoms with Crippen LogP contribution < -0.4 is 0 Å². The molecule has 0 spiro atoms. The molecule has 0 aliphatic rings. The van der Waals surface area contributed by atoms with E-state index in [1.54, 1.807) is 4.57 Å². The molecule has 12 heavy (non-hydrogen) atoms. The van der Waals surface area contributed by atoms with Gasteiger partial charge in [-0.25, -0.2) is 0 Å². The topological polar surface area (TPSA) is 20.7 Å². The van der Waals surface area contributed by atoms with Crippen LogP contribution in [0.25, 0.3) is 11.0 Å². The summed E-state index contributed by atoms with van der Waals surface area (Å²) in [6, 6.07) is 7.83. The molecule has 57 valence electrons. The second kappa shape index (κ2) is 2.71. The molecule has 2 rings (SSSR count). The Morgan fingerprint density at radius 3 is 2.92 bits per heavy atom. The first-order valence-electron chi connectivity index (χ1n) is 3.57. The number of rotatable bonds is 1. The maximum absolute atomic E-state index is 5.41. The van der Waals surface area contributed by atoms with E-state index >= 15 is 0 Å². The Hall–Kier alpha value is -1.16. The summed E-state index contributed by atoms with van der Waals surface area (Å²) < 4.78 is 2.36. The van der Waals surface area contributed by atoms with Crippen LogP contribution in [0.1, 0.15) is 0 Å². The third kappa shape index (κ3) is 0.957. The number of nitrogens with zero attached hydrogens (tertiary/aromatic N) is 1. The minimum absolute atomic E-state index is 0.624. The van der Waals surface area contributed by atoms with Crippen LogP contribution in [-0.2, 0) is 0 Å². The monoisotopic (exact) mass is 173 g/mol. The van der Waals surface area contributed by atoms with Crippen LogP contribution in [0.4, 0.5) is 0 Å². The summed E-state index contributed by atoms with van der Waals surface area (Å²) in [5.41, 5.74) is 2.01. The van der Waals surface area contributed by atoms with E-state index in [1.165, 1.54) is 6.09 Å². The van der Waals surface area contributed by atoms with Crippen LogP contribution in [-0.4, -0.2) is 23.1 Å². The number of aromatic nitrogens is 2. The molecule has 2 aromatic rings. The van der Waals surface area contributed by atoms with Crippen molar-refractivity contribution in [2.75, 3.05) is 0 Å². The fourth-order valence-electron chi connectivity index (χ4n) is 1.22. The van der Waals surface area contributed by atoms with Crippen LogP contribution in [0, 0.1) is 4.77 Å². The van der Waals surface area contributed by atoms with Gasteiger partial charge in [-0.1, -0.05) is 0 Å². The number of fused-ring (bicyclic) bond motifs is 1. The summed E-state index contributed by atoms with van der Waals surface area (Å²) >= 11 is 5.05. The van der Waals surface area contributed by atoms with Crippen molar-refractivity contribution in [3.63, 3.8) is 0 Å². The minimum atomic E-state index is 0.624. The third-order valence-corrected chi connectivity index (χ3v) is 2.07. The molecule has 1 radical (unpaired) electrons. The van der Waals surface area contributed by atoms with E-state index < -0.39 is 0 Å². The molecule has 1 N–H and O–H groups in total. The Morgan fingerprint density at radius 1 is 1.42 bits per heavy atom. The number of aromatic amines is 1. The van der Waals surface area contributed by atoms with Gasteiger partial charge in [-0.3, -0.25) is 0 Å². The summed E-state index contributed by atoms with van der Waals surface area (Å²) in [5, 5.41) is 0. The van der Waals surface area contributed by atoms with Crippen molar-refractivity contribution in [2.45, 2.75) is 0 Å². The van der Waals surface area contributed by atoms with Crippen molar-refractivity contribution in [1.29, 1.82) is 0 Å². The number of benzene rings is 1. The molecule has 0 atom stereocenters. The van der Waals surface area contributed by atoms with Gasteiger partial charge in [0.25, 0.3) is 0 Å². The summed E-state index contributed by atoms with van der Waals surface area (Å²) in [6.45, 7) is 0. The predicted molar refractivity (Wildman–Crippen MR) is 54.3 cm³/mol. The van der Waals surface area contributed by atoms with Gasteiger partial charge in [-0.2, -0.15) is 0 Å². The second-order valence-electron chi connectivity index (χ2n) is 2.47. The summed E-state index contributed by atoms with van der Waals surface area (Å²) in [7, 11) is 5.41. The molecular formula is C8H6BN2S. The Kier molecular flexibility index (Phi) is 1.69. The molecule has 0 unspecified atom stereocenters. The Labute approximate surface area is 75.9 Å². The van der Waals surface area contributed by atoms with Gasteiger partial charge in [-0.15, -0.1) is 0 Å². The number of hydrogen-bond donors (Lipinski definition) is 1. The molecule has 0 bridgehead atoms. The third-order valence-electron chi connectivity index (χ3n) is 1.77. The zero-order chi connectivity index (χ0) is 8.55. The van der Waals surface area contributed by atoms with Gasteiger partial charge in [0, 0.05) is 0 Å². The molecule has 0 aliphatic carbocycles. The number of imidazole rings is 1. The van der Waals surface area contributed by atoms with Crippen LogP contribution in [0.3, 0.4) is 0 Å². The summed E-state index contributed by atoms with van der Waals surface area (Å²) in [6.07, 6.45) is 1.46. The zero-order valence-electron chi connectivity index (χ0n) is 6.32. The first kappa shape index (κ1) is 7.49. The second-order valence-corrected chi connectivity index (χ2v) is 2.85. The van der Waals surface area contributed by atoms with E-state index in [-0.39, 0.29) is 0 Å². The molecule has 1 aromatic heterocycles. The summed E-state index contributed by atoms with van der Waals surface area (Å²) in [4.78, 5) is 3.04. The first-order valence-corrected chi connectivity index (χ1v) is 3.98. The van der Waals surface area contributed by atoms with Gasteiger partial charge in [0.2, 0.25) is 0 Å². The van der Waals surface area contributed by atoms with Crippen LogP contribution >= 0.6 is 12.2 Å². The number of H-pyrrole nitrogens is 1. The normalized spacial score (nSPS) is 10.2.